The minimum Gasteiger partial charge on any atom is -0.458 e. The number of nitrogens with one attached hydrogen (secondary N) is 2. The zero-order valence-corrected chi connectivity index (χ0v) is 18.2. The van der Waals surface area contributed by atoms with Gasteiger partial charge in [-0.05, 0) is 68.2 Å². The maximum atomic E-state index is 13.8. The lowest BCUT2D eigenvalue weighted by Gasteiger charge is -2.18. The number of rotatable bonds is 5. The first-order valence-corrected chi connectivity index (χ1v) is 10.5. The van der Waals surface area contributed by atoms with Crippen LogP contribution >= 0.6 is 0 Å². The minimum atomic E-state index is -0.410. The Hall–Kier alpha value is -4.10. The molecule has 0 radical (unpaired) electrons. The summed E-state index contributed by atoms with van der Waals surface area (Å²) in [5.41, 5.74) is 4.79. The SMILES string of the molecule is CN(C)Cc1ccc(N/C(=C2\C(=O)Nc3cc(F)ccc32)c2ccc3c(c2)OC=CO3)cc1. The molecule has 0 spiro atoms. The highest BCUT2D eigenvalue weighted by Gasteiger charge is 2.29. The number of benzene rings is 3. The monoisotopic (exact) mass is 443 g/mol. The Morgan fingerprint density at radius 2 is 1.73 bits per heavy atom. The molecule has 2 aliphatic rings. The number of hydrogen-bond acceptors (Lipinski definition) is 5. The Balaban J connectivity index is 1.61. The predicted octanol–water partition coefficient (Wildman–Crippen LogP) is 5.06. The molecular formula is C26H22FN3O3. The van der Waals surface area contributed by atoms with Crippen molar-refractivity contribution in [3.05, 3.63) is 95.7 Å². The summed E-state index contributed by atoms with van der Waals surface area (Å²) in [4.78, 5) is 15.1. The average Bonchev–Trinajstić information content (AvgIpc) is 3.12. The number of carbonyl (C=O) groups excluding carboxylic acids is 1. The molecule has 6 nitrogen and oxygen atoms in total. The van der Waals surface area contributed by atoms with Gasteiger partial charge in [0.15, 0.2) is 11.5 Å². The van der Waals surface area contributed by atoms with Crippen LogP contribution in [0.5, 0.6) is 11.5 Å². The van der Waals surface area contributed by atoms with E-state index < -0.39 is 5.82 Å². The average molecular weight is 443 g/mol. The van der Waals surface area contributed by atoms with Crippen LogP contribution in [-0.2, 0) is 11.3 Å². The van der Waals surface area contributed by atoms with E-state index in [1.807, 2.05) is 50.5 Å². The van der Waals surface area contributed by atoms with Gasteiger partial charge in [0.2, 0.25) is 0 Å². The third-order valence-electron chi connectivity index (χ3n) is 5.38. The van der Waals surface area contributed by atoms with E-state index in [9.17, 15) is 9.18 Å². The van der Waals surface area contributed by atoms with Gasteiger partial charge in [0.1, 0.15) is 18.3 Å². The normalized spacial score (nSPS) is 15.3. The fourth-order valence-corrected chi connectivity index (χ4v) is 3.93. The summed E-state index contributed by atoms with van der Waals surface area (Å²) < 4.78 is 24.8. The van der Waals surface area contributed by atoms with Crippen LogP contribution in [0.25, 0.3) is 11.3 Å². The smallest absolute Gasteiger partial charge is 0.258 e. The maximum absolute atomic E-state index is 13.8. The van der Waals surface area contributed by atoms with Gasteiger partial charge in [0.25, 0.3) is 5.91 Å². The maximum Gasteiger partial charge on any atom is 0.258 e. The first kappa shape index (κ1) is 20.8. The number of amides is 1. The molecule has 166 valence electrons. The van der Waals surface area contributed by atoms with E-state index >= 15 is 0 Å². The summed E-state index contributed by atoms with van der Waals surface area (Å²) in [6.07, 6.45) is 2.92. The number of fused-ring (bicyclic) bond motifs is 2. The van der Waals surface area contributed by atoms with Gasteiger partial charge in [0, 0.05) is 23.4 Å². The first-order chi connectivity index (χ1) is 16.0. The number of halogens is 1. The topological polar surface area (TPSA) is 62.8 Å². The van der Waals surface area contributed by atoms with Gasteiger partial charge < -0.3 is 25.0 Å². The highest BCUT2D eigenvalue weighted by molar-refractivity contribution is 6.37. The van der Waals surface area contributed by atoms with Crippen molar-refractivity contribution in [2.45, 2.75) is 6.54 Å². The summed E-state index contributed by atoms with van der Waals surface area (Å²) in [5.74, 6) is 0.399. The van der Waals surface area contributed by atoms with Gasteiger partial charge in [-0.3, -0.25) is 4.79 Å². The van der Waals surface area contributed by atoms with E-state index in [2.05, 4.69) is 15.5 Å². The van der Waals surface area contributed by atoms with E-state index in [1.54, 1.807) is 12.1 Å². The molecule has 7 heteroatoms. The van der Waals surface area contributed by atoms with Gasteiger partial charge in [-0.25, -0.2) is 4.39 Å². The molecule has 5 rings (SSSR count). The van der Waals surface area contributed by atoms with E-state index in [4.69, 9.17) is 9.47 Å². The molecule has 3 aromatic rings. The van der Waals surface area contributed by atoms with E-state index in [1.165, 1.54) is 30.2 Å². The van der Waals surface area contributed by atoms with Crippen LogP contribution in [0.4, 0.5) is 15.8 Å². The second-order valence-corrected chi connectivity index (χ2v) is 8.12. The third kappa shape index (κ3) is 4.18. The molecule has 33 heavy (non-hydrogen) atoms. The minimum absolute atomic E-state index is 0.308. The number of hydrogen-bond donors (Lipinski definition) is 2. The van der Waals surface area contributed by atoms with Crippen LogP contribution < -0.4 is 20.1 Å². The zero-order valence-electron chi connectivity index (χ0n) is 18.2. The molecule has 0 atom stereocenters. The third-order valence-corrected chi connectivity index (χ3v) is 5.38. The van der Waals surface area contributed by atoms with Gasteiger partial charge in [-0.2, -0.15) is 0 Å². The molecule has 0 unspecified atom stereocenters. The first-order valence-electron chi connectivity index (χ1n) is 10.5. The summed E-state index contributed by atoms with van der Waals surface area (Å²) >= 11 is 0. The molecule has 0 aliphatic carbocycles. The van der Waals surface area contributed by atoms with Gasteiger partial charge in [0.05, 0.1) is 17.0 Å². The molecule has 2 N–H and O–H groups in total. The largest absolute Gasteiger partial charge is 0.458 e. The number of nitrogens with zero attached hydrogens (tertiary/aromatic N) is 1. The molecule has 0 saturated heterocycles. The predicted molar refractivity (Wildman–Crippen MR) is 126 cm³/mol. The van der Waals surface area contributed by atoms with Gasteiger partial charge in [-0.1, -0.05) is 12.1 Å². The quantitative estimate of drug-likeness (QED) is 0.540. The highest BCUT2D eigenvalue weighted by atomic mass is 19.1. The van der Waals surface area contributed by atoms with Crippen LogP contribution in [0.1, 0.15) is 16.7 Å². The van der Waals surface area contributed by atoms with E-state index in [-0.39, 0.29) is 5.91 Å². The van der Waals surface area contributed by atoms with Crippen molar-refractivity contribution < 1.29 is 18.7 Å². The van der Waals surface area contributed by atoms with Crippen molar-refractivity contribution in [3.8, 4) is 11.5 Å². The van der Waals surface area contributed by atoms with Crippen LogP contribution in [0.2, 0.25) is 0 Å². The summed E-state index contributed by atoms with van der Waals surface area (Å²) in [6, 6.07) is 17.8. The summed E-state index contributed by atoms with van der Waals surface area (Å²) in [7, 11) is 4.04. The Labute approximate surface area is 190 Å². The number of ether oxygens (including phenoxy) is 2. The van der Waals surface area contributed by atoms with Crippen LogP contribution in [0.15, 0.2) is 73.2 Å². The molecule has 2 heterocycles. The Bertz CT molecular complexity index is 1300. The lowest BCUT2D eigenvalue weighted by Crippen LogP contribution is -2.11. The summed E-state index contributed by atoms with van der Waals surface area (Å²) in [5, 5.41) is 6.18. The van der Waals surface area contributed by atoms with Crippen LogP contribution in [-0.4, -0.2) is 24.9 Å². The van der Waals surface area contributed by atoms with E-state index in [0.717, 1.165) is 17.8 Å². The second-order valence-electron chi connectivity index (χ2n) is 8.12. The fraction of sp³-hybridized carbons (Fsp3) is 0.115. The Morgan fingerprint density at radius 1 is 0.970 bits per heavy atom. The molecule has 3 aromatic carbocycles. The molecule has 0 bridgehead atoms. The molecule has 0 fully saturated rings. The fourth-order valence-electron chi connectivity index (χ4n) is 3.93. The lowest BCUT2D eigenvalue weighted by molar-refractivity contribution is -0.110. The molecule has 0 saturated carbocycles. The Morgan fingerprint density at radius 3 is 2.48 bits per heavy atom. The molecule has 1 amide bonds. The zero-order chi connectivity index (χ0) is 22.9. The standard InChI is InChI=1S/C26H22FN3O3/c1-30(2)15-16-3-7-19(8-4-16)28-25(17-5-10-22-23(13-17)33-12-11-32-22)24-20-9-6-18(27)14-21(20)29-26(24)31/h3-14,28H,15H2,1-2H3,(H,29,31)/b25-24-. The van der Waals surface area contributed by atoms with E-state index in [0.29, 0.717) is 34.0 Å². The number of anilines is 2. The van der Waals surface area contributed by atoms with Crippen molar-refractivity contribution >= 4 is 28.6 Å². The number of carbonyl (C=O) groups is 1. The van der Waals surface area contributed by atoms with Crippen molar-refractivity contribution in [1.82, 2.24) is 4.90 Å². The second kappa shape index (κ2) is 8.44. The van der Waals surface area contributed by atoms with Gasteiger partial charge in [-0.15, -0.1) is 0 Å². The molecule has 0 aromatic heterocycles. The van der Waals surface area contributed by atoms with Crippen molar-refractivity contribution in [2.24, 2.45) is 0 Å². The van der Waals surface area contributed by atoms with Gasteiger partial charge >= 0.3 is 0 Å². The van der Waals surface area contributed by atoms with Crippen molar-refractivity contribution in [1.29, 1.82) is 0 Å². The lowest BCUT2D eigenvalue weighted by atomic mass is 9.99. The molecule has 2 aliphatic heterocycles. The molecular weight excluding hydrogens is 421 g/mol. The van der Waals surface area contributed by atoms with Crippen LogP contribution in [0.3, 0.4) is 0 Å². The highest BCUT2D eigenvalue weighted by Crippen LogP contribution is 2.40. The Kier molecular flexibility index (Phi) is 5.32. The summed E-state index contributed by atoms with van der Waals surface area (Å²) in [6.45, 7) is 0.825. The van der Waals surface area contributed by atoms with Crippen LogP contribution in [0, 0.1) is 5.82 Å². The van der Waals surface area contributed by atoms with Crippen molar-refractivity contribution in [2.75, 3.05) is 24.7 Å². The van der Waals surface area contributed by atoms with Crippen molar-refractivity contribution in [3.63, 3.8) is 0 Å².